The molecule has 2 aliphatic rings. The molecule has 2 saturated heterocycles. The van der Waals surface area contributed by atoms with Gasteiger partial charge in [-0.25, -0.2) is 0 Å². The molecule has 2 fully saturated rings. The number of ether oxygens (including phenoxy) is 1. The summed E-state index contributed by atoms with van der Waals surface area (Å²) in [7, 11) is 0. The fourth-order valence-electron chi connectivity index (χ4n) is 5.41. The summed E-state index contributed by atoms with van der Waals surface area (Å²) in [5.41, 5.74) is 3.07. The molecule has 0 aliphatic carbocycles. The van der Waals surface area contributed by atoms with Crippen LogP contribution in [0.4, 0.5) is 0 Å². The first-order valence-corrected chi connectivity index (χ1v) is 13.5. The van der Waals surface area contributed by atoms with Crippen molar-refractivity contribution in [2.45, 2.75) is 51.4 Å². The Bertz CT molecular complexity index is 1330. The fraction of sp³-hybridized carbons (Fsp3) is 0.355. The van der Waals surface area contributed by atoms with Crippen molar-refractivity contribution in [2.24, 2.45) is 0 Å². The average Bonchev–Trinajstić information content (AvgIpc) is 3.34. The summed E-state index contributed by atoms with van der Waals surface area (Å²) in [5.74, 6) is -0.566. The lowest BCUT2D eigenvalue weighted by Gasteiger charge is -2.44. The first-order valence-electron chi connectivity index (χ1n) is 13.5. The minimum atomic E-state index is -0.962. The third kappa shape index (κ3) is 5.56. The van der Waals surface area contributed by atoms with Crippen LogP contribution in [0, 0.1) is 6.92 Å². The number of amides is 3. The number of hydrogen-bond acceptors (Lipinski definition) is 5. The third-order valence-electron chi connectivity index (χ3n) is 7.66. The van der Waals surface area contributed by atoms with Crippen LogP contribution in [0.1, 0.15) is 57.3 Å². The second kappa shape index (κ2) is 11.4. The maximum Gasteiger partial charge on any atom is 0.256 e. The number of carbonyl (C=O) groups excluding carboxylic acids is 3. The highest BCUT2D eigenvalue weighted by Crippen LogP contribution is 2.39. The molecule has 2 aromatic carbocycles. The van der Waals surface area contributed by atoms with Crippen LogP contribution in [0.2, 0.25) is 0 Å². The van der Waals surface area contributed by atoms with Crippen LogP contribution in [0.5, 0.6) is 0 Å². The number of hydrogen-bond donors (Lipinski definition) is 1. The fourth-order valence-corrected chi connectivity index (χ4v) is 5.41. The summed E-state index contributed by atoms with van der Waals surface area (Å²) in [6, 6.07) is 19.8. The van der Waals surface area contributed by atoms with E-state index >= 15 is 0 Å². The van der Waals surface area contributed by atoms with Crippen LogP contribution >= 0.6 is 0 Å². The molecule has 8 nitrogen and oxygen atoms in total. The van der Waals surface area contributed by atoms with Gasteiger partial charge in [0.05, 0.1) is 18.8 Å². The first-order chi connectivity index (χ1) is 18.9. The van der Waals surface area contributed by atoms with E-state index in [2.05, 4.69) is 17.2 Å². The lowest BCUT2D eigenvalue weighted by atomic mass is 9.95. The van der Waals surface area contributed by atoms with Crippen LogP contribution in [0.3, 0.4) is 0 Å². The Morgan fingerprint density at radius 1 is 0.974 bits per heavy atom. The number of likely N-dealkylation sites (tertiary alicyclic amines) is 1. The summed E-state index contributed by atoms with van der Waals surface area (Å²) < 4.78 is 6.31. The minimum absolute atomic E-state index is 0.0354. The number of nitrogens with one attached hydrogen (secondary N) is 1. The molecule has 0 bridgehead atoms. The van der Waals surface area contributed by atoms with Gasteiger partial charge in [0, 0.05) is 43.3 Å². The summed E-state index contributed by atoms with van der Waals surface area (Å²) in [6.45, 7) is 5.22. The number of pyridine rings is 1. The molecule has 1 N–H and O–H groups in total. The smallest absolute Gasteiger partial charge is 0.256 e. The molecule has 1 unspecified atom stereocenters. The molecule has 0 radical (unpaired) electrons. The zero-order valence-corrected chi connectivity index (χ0v) is 22.4. The van der Waals surface area contributed by atoms with E-state index in [0.29, 0.717) is 37.1 Å². The van der Waals surface area contributed by atoms with E-state index in [-0.39, 0.29) is 30.9 Å². The zero-order valence-electron chi connectivity index (χ0n) is 22.4. The van der Waals surface area contributed by atoms with Gasteiger partial charge < -0.3 is 15.0 Å². The molecular formula is C31H34N4O4. The van der Waals surface area contributed by atoms with Crippen molar-refractivity contribution in [2.75, 3.05) is 19.7 Å². The molecule has 8 heteroatoms. The molecule has 1 spiro atoms. The van der Waals surface area contributed by atoms with Gasteiger partial charge in [0.15, 0.2) is 0 Å². The molecule has 1 atom stereocenters. The molecule has 39 heavy (non-hydrogen) atoms. The number of aromatic nitrogens is 1. The first kappa shape index (κ1) is 26.6. The molecular weight excluding hydrogens is 492 g/mol. The maximum absolute atomic E-state index is 13.9. The van der Waals surface area contributed by atoms with E-state index in [4.69, 9.17) is 4.74 Å². The maximum atomic E-state index is 13.9. The summed E-state index contributed by atoms with van der Waals surface area (Å²) in [6.07, 6.45) is 3.44. The average molecular weight is 527 g/mol. The normalized spacial score (nSPS) is 18.3. The van der Waals surface area contributed by atoms with E-state index in [0.717, 1.165) is 17.7 Å². The van der Waals surface area contributed by atoms with Crippen molar-refractivity contribution in [1.82, 2.24) is 20.1 Å². The quantitative estimate of drug-likeness (QED) is 0.528. The molecule has 5 rings (SSSR count). The van der Waals surface area contributed by atoms with Crippen molar-refractivity contribution >= 4 is 17.7 Å². The van der Waals surface area contributed by atoms with E-state index in [9.17, 15) is 14.4 Å². The second-order valence-electron chi connectivity index (χ2n) is 10.2. The van der Waals surface area contributed by atoms with Crippen molar-refractivity contribution in [3.63, 3.8) is 0 Å². The van der Waals surface area contributed by atoms with Crippen molar-refractivity contribution in [3.05, 3.63) is 101 Å². The summed E-state index contributed by atoms with van der Waals surface area (Å²) >= 11 is 0. The van der Waals surface area contributed by atoms with E-state index in [1.54, 1.807) is 22.1 Å². The Labute approximate surface area is 229 Å². The van der Waals surface area contributed by atoms with Crippen LogP contribution in [0.15, 0.2) is 72.9 Å². The predicted molar refractivity (Wildman–Crippen MR) is 147 cm³/mol. The Morgan fingerprint density at radius 3 is 2.41 bits per heavy atom. The van der Waals surface area contributed by atoms with E-state index in [1.165, 1.54) is 5.56 Å². The van der Waals surface area contributed by atoms with Gasteiger partial charge in [0.25, 0.3) is 11.8 Å². The lowest BCUT2D eigenvalue weighted by Crippen LogP contribution is -2.59. The number of aryl methyl sites for hydroxylation is 2. The van der Waals surface area contributed by atoms with Crippen molar-refractivity contribution < 1.29 is 19.1 Å². The standard InChI is InChI=1S/C31H34N4O4/c1-3-23-10-12-24(13-11-23)29(37)34-17-14-31(15-18-34)35(30(38)25-8-6-7-22(2)19-25)27(21-39-31)28(36)33-20-26-9-4-5-16-32-26/h4-13,16,19,27H,3,14-15,17-18,20-21H2,1-2H3,(H,33,36). The summed E-state index contributed by atoms with van der Waals surface area (Å²) in [4.78, 5) is 48.2. The number of piperidine rings is 1. The van der Waals surface area contributed by atoms with Crippen LogP contribution in [-0.2, 0) is 22.5 Å². The van der Waals surface area contributed by atoms with Gasteiger partial charge in [-0.05, 0) is 55.3 Å². The summed E-state index contributed by atoms with van der Waals surface area (Å²) in [5, 5.41) is 2.93. The molecule has 3 aromatic rings. The molecule has 1 aromatic heterocycles. The second-order valence-corrected chi connectivity index (χ2v) is 10.2. The molecule has 202 valence electrons. The van der Waals surface area contributed by atoms with Gasteiger partial charge in [0.1, 0.15) is 11.8 Å². The third-order valence-corrected chi connectivity index (χ3v) is 7.66. The number of nitrogens with zero attached hydrogens (tertiary/aromatic N) is 3. The monoisotopic (exact) mass is 526 g/mol. The van der Waals surface area contributed by atoms with Gasteiger partial charge in [-0.1, -0.05) is 42.8 Å². The van der Waals surface area contributed by atoms with E-state index < -0.39 is 11.8 Å². The highest BCUT2D eigenvalue weighted by molar-refractivity contribution is 5.99. The van der Waals surface area contributed by atoms with Gasteiger partial charge in [0.2, 0.25) is 5.91 Å². The highest BCUT2D eigenvalue weighted by atomic mass is 16.5. The Hall–Kier alpha value is -4.04. The molecule has 3 heterocycles. The van der Waals surface area contributed by atoms with Crippen LogP contribution in [-0.4, -0.2) is 64.0 Å². The SMILES string of the molecule is CCc1ccc(C(=O)N2CCC3(CC2)OCC(C(=O)NCc2ccccn2)N3C(=O)c2cccc(C)c2)cc1. The van der Waals surface area contributed by atoms with Crippen LogP contribution < -0.4 is 5.32 Å². The lowest BCUT2D eigenvalue weighted by molar-refractivity contribution is -0.128. The van der Waals surface area contributed by atoms with Crippen molar-refractivity contribution in [1.29, 1.82) is 0 Å². The van der Waals surface area contributed by atoms with Crippen molar-refractivity contribution in [3.8, 4) is 0 Å². The van der Waals surface area contributed by atoms with Gasteiger partial charge in [-0.15, -0.1) is 0 Å². The van der Waals surface area contributed by atoms with Gasteiger partial charge in [-0.3, -0.25) is 24.3 Å². The van der Waals surface area contributed by atoms with Gasteiger partial charge in [-0.2, -0.15) is 0 Å². The molecule has 2 aliphatic heterocycles. The Morgan fingerprint density at radius 2 is 1.74 bits per heavy atom. The minimum Gasteiger partial charge on any atom is -0.353 e. The number of benzene rings is 2. The zero-order chi connectivity index (χ0) is 27.4. The van der Waals surface area contributed by atoms with Crippen LogP contribution in [0.25, 0.3) is 0 Å². The van der Waals surface area contributed by atoms with Gasteiger partial charge >= 0.3 is 0 Å². The Balaban J connectivity index is 1.35. The Kier molecular flexibility index (Phi) is 7.74. The number of rotatable bonds is 6. The topological polar surface area (TPSA) is 91.8 Å². The molecule has 3 amide bonds. The predicted octanol–water partition coefficient (Wildman–Crippen LogP) is 3.74. The largest absolute Gasteiger partial charge is 0.353 e. The number of carbonyl (C=O) groups is 3. The van der Waals surface area contributed by atoms with E-state index in [1.807, 2.05) is 67.6 Å². The molecule has 0 saturated carbocycles. The highest BCUT2D eigenvalue weighted by Gasteiger charge is 2.54.